The molecule has 1 aromatic carbocycles. The van der Waals surface area contributed by atoms with Crippen molar-refractivity contribution in [2.75, 3.05) is 32.1 Å². The van der Waals surface area contributed by atoms with Gasteiger partial charge in [0.05, 0.1) is 17.4 Å². The maximum absolute atomic E-state index is 12.1. The van der Waals surface area contributed by atoms with Crippen molar-refractivity contribution in [3.8, 4) is 0 Å². The molecule has 0 bridgehead atoms. The highest BCUT2D eigenvalue weighted by atomic mass is 16.6. The molecule has 1 fully saturated rings. The van der Waals surface area contributed by atoms with Gasteiger partial charge in [0.15, 0.2) is 0 Å². The van der Waals surface area contributed by atoms with E-state index in [1.165, 1.54) is 20.2 Å². The van der Waals surface area contributed by atoms with Gasteiger partial charge in [0, 0.05) is 31.8 Å². The van der Waals surface area contributed by atoms with Crippen molar-refractivity contribution < 1.29 is 19.2 Å². The summed E-state index contributed by atoms with van der Waals surface area (Å²) in [6.07, 6.45) is 1.67. The molecule has 0 spiro atoms. The Morgan fingerprint density at radius 1 is 1.38 bits per heavy atom. The highest BCUT2D eigenvalue weighted by Gasteiger charge is 2.40. The van der Waals surface area contributed by atoms with Crippen LogP contribution in [-0.4, -0.2) is 44.0 Å². The van der Waals surface area contributed by atoms with Crippen LogP contribution in [0.25, 0.3) is 0 Å². The van der Waals surface area contributed by atoms with Crippen molar-refractivity contribution in [1.82, 2.24) is 5.32 Å². The van der Waals surface area contributed by atoms with E-state index in [0.29, 0.717) is 18.8 Å². The van der Waals surface area contributed by atoms with Gasteiger partial charge in [0.25, 0.3) is 11.6 Å². The minimum absolute atomic E-state index is 0.0157. The molecular weight excluding hydrogens is 338 g/mol. The lowest BCUT2D eigenvalue weighted by Gasteiger charge is -2.40. The topological polar surface area (TPSA) is 102 Å². The molecule has 26 heavy (non-hydrogen) atoms. The SMILES string of the molecule is CNC(=O)c1ccc(N2CCCC(C(C)(C)C(=O)OC)C2)c([N+](=O)[O-])c1. The van der Waals surface area contributed by atoms with Gasteiger partial charge in [-0.05, 0) is 44.7 Å². The third-order valence-corrected chi connectivity index (χ3v) is 5.16. The number of nitrogens with one attached hydrogen (secondary N) is 1. The summed E-state index contributed by atoms with van der Waals surface area (Å²) in [5, 5.41) is 14.0. The molecule has 2 rings (SSSR count). The van der Waals surface area contributed by atoms with Crippen LogP contribution in [0.1, 0.15) is 37.0 Å². The first kappa shape index (κ1) is 19.7. The summed E-state index contributed by atoms with van der Waals surface area (Å²) < 4.78 is 4.92. The van der Waals surface area contributed by atoms with E-state index in [9.17, 15) is 19.7 Å². The van der Waals surface area contributed by atoms with E-state index in [1.807, 2.05) is 18.7 Å². The number of nitro benzene ring substituents is 1. The molecule has 1 heterocycles. The van der Waals surface area contributed by atoms with Crippen LogP contribution in [-0.2, 0) is 9.53 Å². The number of nitrogens with zero attached hydrogens (tertiary/aromatic N) is 2. The van der Waals surface area contributed by atoms with Gasteiger partial charge in [0.2, 0.25) is 0 Å². The van der Waals surface area contributed by atoms with Crippen LogP contribution >= 0.6 is 0 Å². The quantitative estimate of drug-likeness (QED) is 0.489. The molecule has 1 aliphatic rings. The average Bonchev–Trinajstić information content (AvgIpc) is 2.66. The Labute approximate surface area is 152 Å². The summed E-state index contributed by atoms with van der Waals surface area (Å²) in [5.74, 6) is -0.640. The lowest BCUT2D eigenvalue weighted by molar-refractivity contribution is -0.384. The number of carbonyl (C=O) groups is 2. The zero-order valence-electron chi connectivity index (χ0n) is 15.6. The molecule has 8 nitrogen and oxygen atoms in total. The molecule has 0 saturated carbocycles. The first-order valence-corrected chi connectivity index (χ1v) is 8.56. The summed E-state index contributed by atoms with van der Waals surface area (Å²) >= 11 is 0. The molecule has 8 heteroatoms. The summed E-state index contributed by atoms with van der Waals surface area (Å²) in [7, 11) is 2.85. The number of nitro groups is 1. The minimum Gasteiger partial charge on any atom is -0.469 e. The standard InChI is InChI=1S/C18H25N3O5/c1-18(2,17(23)26-4)13-6-5-9-20(11-13)14-8-7-12(16(22)19-3)10-15(14)21(24)25/h7-8,10,13H,5-6,9,11H2,1-4H3,(H,19,22). The van der Waals surface area contributed by atoms with E-state index >= 15 is 0 Å². The van der Waals surface area contributed by atoms with Gasteiger partial charge in [-0.25, -0.2) is 0 Å². The molecular formula is C18H25N3O5. The predicted molar refractivity (Wildman–Crippen MR) is 97.2 cm³/mol. The Balaban J connectivity index is 2.34. The summed E-state index contributed by atoms with van der Waals surface area (Å²) in [5.41, 5.74) is -0.0772. The van der Waals surface area contributed by atoms with Crippen molar-refractivity contribution in [3.05, 3.63) is 33.9 Å². The smallest absolute Gasteiger partial charge is 0.311 e. The van der Waals surface area contributed by atoms with Crippen LogP contribution < -0.4 is 10.2 Å². The molecule has 1 atom stereocenters. The van der Waals surface area contributed by atoms with Gasteiger partial charge in [-0.1, -0.05) is 0 Å². The van der Waals surface area contributed by atoms with Gasteiger partial charge < -0.3 is 15.0 Å². The Bertz CT molecular complexity index is 717. The number of esters is 1. The van der Waals surface area contributed by atoms with Crippen LogP contribution in [0.4, 0.5) is 11.4 Å². The van der Waals surface area contributed by atoms with E-state index in [4.69, 9.17) is 4.74 Å². The van der Waals surface area contributed by atoms with Crippen LogP contribution in [0.5, 0.6) is 0 Å². The third kappa shape index (κ3) is 3.79. The van der Waals surface area contributed by atoms with Crippen LogP contribution in [0.15, 0.2) is 18.2 Å². The van der Waals surface area contributed by atoms with Crippen molar-refractivity contribution in [2.45, 2.75) is 26.7 Å². The molecule has 0 aliphatic carbocycles. The summed E-state index contributed by atoms with van der Waals surface area (Å²) in [6.45, 7) is 4.86. The van der Waals surface area contributed by atoms with Gasteiger partial charge in [0.1, 0.15) is 5.69 Å². The number of piperidine rings is 1. The molecule has 0 aromatic heterocycles. The molecule has 1 saturated heterocycles. The molecule has 1 unspecified atom stereocenters. The fourth-order valence-corrected chi connectivity index (χ4v) is 3.44. The van der Waals surface area contributed by atoms with Gasteiger partial charge in [-0.3, -0.25) is 19.7 Å². The van der Waals surface area contributed by atoms with E-state index in [-0.39, 0.29) is 29.0 Å². The normalized spacial score (nSPS) is 17.5. The van der Waals surface area contributed by atoms with Crippen LogP contribution in [0.3, 0.4) is 0 Å². The average molecular weight is 363 g/mol. The van der Waals surface area contributed by atoms with Crippen molar-refractivity contribution in [1.29, 1.82) is 0 Å². The molecule has 1 amide bonds. The number of amides is 1. The number of hydrogen-bond acceptors (Lipinski definition) is 6. The number of rotatable bonds is 5. The second kappa shape index (κ2) is 7.72. The van der Waals surface area contributed by atoms with E-state index in [0.717, 1.165) is 12.8 Å². The first-order valence-electron chi connectivity index (χ1n) is 8.56. The molecule has 0 radical (unpaired) electrons. The number of hydrogen-bond donors (Lipinski definition) is 1. The van der Waals surface area contributed by atoms with E-state index < -0.39 is 10.3 Å². The van der Waals surface area contributed by atoms with E-state index in [2.05, 4.69) is 5.32 Å². The zero-order valence-corrected chi connectivity index (χ0v) is 15.6. The Kier molecular flexibility index (Phi) is 5.84. The molecule has 1 aromatic rings. The van der Waals surface area contributed by atoms with Crippen LogP contribution in [0, 0.1) is 21.4 Å². The molecule has 1 N–H and O–H groups in total. The summed E-state index contributed by atoms with van der Waals surface area (Å²) in [6, 6.07) is 4.48. The Hall–Kier alpha value is -2.64. The highest BCUT2D eigenvalue weighted by Crippen LogP contribution is 2.39. The maximum Gasteiger partial charge on any atom is 0.311 e. The number of benzene rings is 1. The van der Waals surface area contributed by atoms with Crippen molar-refractivity contribution in [2.24, 2.45) is 11.3 Å². The highest BCUT2D eigenvalue weighted by molar-refractivity contribution is 5.95. The fourth-order valence-electron chi connectivity index (χ4n) is 3.44. The minimum atomic E-state index is -0.676. The Morgan fingerprint density at radius 3 is 2.65 bits per heavy atom. The van der Waals surface area contributed by atoms with Crippen molar-refractivity contribution >= 4 is 23.3 Å². The number of ether oxygens (including phenoxy) is 1. The second-order valence-electron chi connectivity index (χ2n) is 7.04. The second-order valence-corrected chi connectivity index (χ2v) is 7.04. The molecule has 1 aliphatic heterocycles. The number of carbonyl (C=O) groups excluding carboxylic acids is 2. The summed E-state index contributed by atoms with van der Waals surface area (Å²) in [4.78, 5) is 36.9. The Morgan fingerprint density at radius 2 is 2.08 bits per heavy atom. The monoisotopic (exact) mass is 363 g/mol. The van der Waals surface area contributed by atoms with Gasteiger partial charge in [-0.15, -0.1) is 0 Å². The van der Waals surface area contributed by atoms with Crippen LogP contribution in [0.2, 0.25) is 0 Å². The first-order chi connectivity index (χ1) is 12.2. The van der Waals surface area contributed by atoms with Gasteiger partial charge >= 0.3 is 5.97 Å². The van der Waals surface area contributed by atoms with Gasteiger partial charge in [-0.2, -0.15) is 0 Å². The van der Waals surface area contributed by atoms with E-state index in [1.54, 1.807) is 12.1 Å². The molecule has 142 valence electrons. The number of anilines is 1. The number of methoxy groups -OCH3 is 1. The third-order valence-electron chi connectivity index (χ3n) is 5.16. The van der Waals surface area contributed by atoms with Crippen molar-refractivity contribution in [3.63, 3.8) is 0 Å². The fraction of sp³-hybridized carbons (Fsp3) is 0.556. The zero-order chi connectivity index (χ0) is 19.5. The predicted octanol–water partition coefficient (Wildman–Crippen LogP) is 2.37. The lowest BCUT2D eigenvalue weighted by Crippen LogP contribution is -2.45. The lowest BCUT2D eigenvalue weighted by atomic mass is 9.74. The maximum atomic E-state index is 12.1. The largest absolute Gasteiger partial charge is 0.469 e.